The van der Waals surface area contributed by atoms with E-state index in [0.29, 0.717) is 6.42 Å². The first-order valence-corrected chi connectivity index (χ1v) is 8.93. The molecule has 0 amide bonds. The third-order valence-corrected chi connectivity index (χ3v) is 4.18. The lowest BCUT2D eigenvalue weighted by atomic mass is 9.91. The Morgan fingerprint density at radius 2 is 2.08 bits per heavy atom. The van der Waals surface area contributed by atoms with Crippen molar-refractivity contribution in [2.45, 2.75) is 52.6 Å². The van der Waals surface area contributed by atoms with Crippen LogP contribution in [0.25, 0.3) is 5.57 Å². The van der Waals surface area contributed by atoms with Gasteiger partial charge in [-0.2, -0.15) is 0 Å². The van der Waals surface area contributed by atoms with Gasteiger partial charge in [0.05, 0.1) is 0 Å². The number of halogens is 1. The van der Waals surface area contributed by atoms with E-state index < -0.39 is 6.17 Å². The van der Waals surface area contributed by atoms with Crippen LogP contribution in [-0.2, 0) is 0 Å². The number of pyridine rings is 1. The molecule has 2 rings (SSSR count). The first kappa shape index (κ1) is 18.9. The van der Waals surface area contributed by atoms with E-state index in [0.717, 1.165) is 47.1 Å². The van der Waals surface area contributed by atoms with E-state index in [-0.39, 0.29) is 0 Å². The van der Waals surface area contributed by atoms with Gasteiger partial charge in [0.1, 0.15) is 6.17 Å². The van der Waals surface area contributed by atoms with Gasteiger partial charge in [-0.1, -0.05) is 37.3 Å². The Hall–Kier alpha value is -2.40. The third-order valence-electron chi connectivity index (χ3n) is 4.18. The normalized spacial score (nSPS) is 18.2. The van der Waals surface area contributed by atoms with Crippen LogP contribution in [-0.4, -0.2) is 11.2 Å². The summed E-state index contributed by atoms with van der Waals surface area (Å²) in [6.45, 7) is 6.29. The van der Waals surface area contributed by atoms with Gasteiger partial charge in [-0.3, -0.25) is 4.98 Å². The SMILES string of the molecule is CCCCC#C/C(C)=C/C(=C(\C)C1=CCC(F)C=C1)c1ccncc1. The highest BCUT2D eigenvalue weighted by atomic mass is 19.1. The van der Waals surface area contributed by atoms with E-state index in [1.54, 1.807) is 18.5 Å². The number of rotatable bonds is 5. The van der Waals surface area contributed by atoms with Crippen molar-refractivity contribution in [3.05, 3.63) is 71.1 Å². The molecular weight excluding hydrogens is 309 g/mol. The molecule has 0 bridgehead atoms. The van der Waals surface area contributed by atoms with Crippen LogP contribution in [0.1, 0.15) is 52.0 Å². The fourth-order valence-corrected chi connectivity index (χ4v) is 2.69. The van der Waals surface area contributed by atoms with Gasteiger partial charge in [0.15, 0.2) is 0 Å². The summed E-state index contributed by atoms with van der Waals surface area (Å²) in [6.07, 6.45) is 14.0. The lowest BCUT2D eigenvalue weighted by molar-refractivity contribution is 0.401. The summed E-state index contributed by atoms with van der Waals surface area (Å²) < 4.78 is 13.4. The third kappa shape index (κ3) is 5.87. The molecule has 1 aliphatic rings. The summed E-state index contributed by atoms with van der Waals surface area (Å²) in [5.41, 5.74) is 5.44. The minimum atomic E-state index is -0.873. The minimum Gasteiger partial charge on any atom is -0.265 e. The van der Waals surface area contributed by atoms with Gasteiger partial charge in [-0.25, -0.2) is 4.39 Å². The van der Waals surface area contributed by atoms with Crippen molar-refractivity contribution in [3.8, 4) is 11.8 Å². The van der Waals surface area contributed by atoms with Gasteiger partial charge in [-0.05, 0) is 72.4 Å². The molecule has 1 atom stereocenters. The Morgan fingerprint density at radius 1 is 1.32 bits per heavy atom. The number of nitrogens with zero attached hydrogens (tertiary/aromatic N) is 1. The second kappa shape index (κ2) is 9.79. The molecule has 2 heteroatoms. The van der Waals surface area contributed by atoms with Gasteiger partial charge in [0, 0.05) is 25.2 Å². The van der Waals surface area contributed by atoms with Crippen molar-refractivity contribution in [1.29, 1.82) is 0 Å². The van der Waals surface area contributed by atoms with Gasteiger partial charge in [-0.15, -0.1) is 0 Å². The predicted octanol–water partition coefficient (Wildman–Crippen LogP) is 6.22. The van der Waals surface area contributed by atoms with Crippen LogP contribution in [0.3, 0.4) is 0 Å². The van der Waals surface area contributed by atoms with Crippen molar-refractivity contribution in [2.24, 2.45) is 0 Å². The van der Waals surface area contributed by atoms with E-state index in [2.05, 4.69) is 36.7 Å². The second-order valence-corrected chi connectivity index (χ2v) is 6.28. The zero-order valence-corrected chi connectivity index (χ0v) is 15.3. The Kier molecular flexibility index (Phi) is 7.41. The van der Waals surface area contributed by atoms with Crippen molar-refractivity contribution in [1.82, 2.24) is 4.98 Å². The fourth-order valence-electron chi connectivity index (χ4n) is 2.69. The van der Waals surface area contributed by atoms with E-state index in [4.69, 9.17) is 0 Å². The Morgan fingerprint density at radius 3 is 2.72 bits per heavy atom. The monoisotopic (exact) mass is 335 g/mol. The highest BCUT2D eigenvalue weighted by molar-refractivity contribution is 5.81. The molecule has 1 aromatic rings. The van der Waals surface area contributed by atoms with Crippen molar-refractivity contribution >= 4 is 5.57 Å². The highest BCUT2D eigenvalue weighted by Crippen LogP contribution is 2.28. The van der Waals surface area contributed by atoms with Crippen LogP contribution < -0.4 is 0 Å². The van der Waals surface area contributed by atoms with Crippen molar-refractivity contribution in [2.75, 3.05) is 0 Å². The van der Waals surface area contributed by atoms with Crippen LogP contribution >= 0.6 is 0 Å². The molecule has 0 spiro atoms. The van der Waals surface area contributed by atoms with E-state index in [1.807, 2.05) is 31.2 Å². The maximum Gasteiger partial charge on any atom is 0.122 e. The van der Waals surface area contributed by atoms with Crippen LogP contribution in [0.4, 0.5) is 4.39 Å². The molecular formula is C23H26FN. The molecule has 1 aromatic heterocycles. The molecule has 130 valence electrons. The average molecular weight is 335 g/mol. The molecule has 0 radical (unpaired) electrons. The lowest BCUT2D eigenvalue weighted by Gasteiger charge is -2.14. The molecule has 0 aromatic carbocycles. The molecule has 0 aliphatic heterocycles. The molecule has 1 nitrogen and oxygen atoms in total. The number of hydrogen-bond acceptors (Lipinski definition) is 1. The van der Waals surface area contributed by atoms with Gasteiger partial charge in [0.2, 0.25) is 0 Å². The summed E-state index contributed by atoms with van der Waals surface area (Å²) in [7, 11) is 0. The Labute approximate surface area is 151 Å². The number of aromatic nitrogens is 1. The smallest absolute Gasteiger partial charge is 0.122 e. The summed E-state index contributed by atoms with van der Waals surface area (Å²) >= 11 is 0. The van der Waals surface area contributed by atoms with Crippen molar-refractivity contribution < 1.29 is 4.39 Å². The maximum atomic E-state index is 13.4. The quantitative estimate of drug-likeness (QED) is 0.354. The van der Waals surface area contributed by atoms with E-state index in [1.165, 1.54) is 0 Å². The van der Waals surface area contributed by atoms with Gasteiger partial charge < -0.3 is 0 Å². The summed E-state index contributed by atoms with van der Waals surface area (Å²) in [5, 5.41) is 0. The number of unbranched alkanes of at least 4 members (excludes halogenated alkanes) is 2. The largest absolute Gasteiger partial charge is 0.265 e. The Balaban J connectivity index is 2.39. The fraction of sp³-hybridized carbons (Fsp3) is 0.348. The maximum absolute atomic E-state index is 13.4. The number of hydrogen-bond donors (Lipinski definition) is 0. The molecule has 1 aliphatic carbocycles. The molecule has 0 saturated carbocycles. The van der Waals surface area contributed by atoms with Crippen LogP contribution in [0, 0.1) is 11.8 Å². The number of allylic oxidation sites excluding steroid dienone is 8. The average Bonchev–Trinajstić information content (AvgIpc) is 2.64. The minimum absolute atomic E-state index is 0.437. The van der Waals surface area contributed by atoms with Crippen LogP contribution in [0.15, 0.2) is 65.5 Å². The van der Waals surface area contributed by atoms with E-state index >= 15 is 0 Å². The predicted molar refractivity (Wildman–Crippen MR) is 105 cm³/mol. The first-order chi connectivity index (χ1) is 12.1. The topological polar surface area (TPSA) is 12.9 Å². The second-order valence-electron chi connectivity index (χ2n) is 6.28. The molecule has 0 N–H and O–H groups in total. The lowest BCUT2D eigenvalue weighted by Crippen LogP contribution is -2.00. The molecule has 1 heterocycles. The van der Waals surface area contributed by atoms with Crippen LogP contribution in [0.5, 0.6) is 0 Å². The first-order valence-electron chi connectivity index (χ1n) is 8.93. The Bertz CT molecular complexity index is 754. The summed E-state index contributed by atoms with van der Waals surface area (Å²) in [4.78, 5) is 4.11. The van der Waals surface area contributed by atoms with Gasteiger partial charge in [0.25, 0.3) is 0 Å². The zero-order chi connectivity index (χ0) is 18.1. The number of alkyl halides is 1. The highest BCUT2D eigenvalue weighted by Gasteiger charge is 2.11. The van der Waals surface area contributed by atoms with Gasteiger partial charge >= 0.3 is 0 Å². The molecule has 0 saturated heterocycles. The molecule has 0 fully saturated rings. The summed E-state index contributed by atoms with van der Waals surface area (Å²) in [6, 6.07) is 4.00. The zero-order valence-electron chi connectivity index (χ0n) is 15.3. The summed E-state index contributed by atoms with van der Waals surface area (Å²) in [5.74, 6) is 6.48. The van der Waals surface area contributed by atoms with E-state index in [9.17, 15) is 4.39 Å². The molecule has 25 heavy (non-hydrogen) atoms. The van der Waals surface area contributed by atoms with Crippen LogP contribution in [0.2, 0.25) is 0 Å². The standard InChI is InChI=1S/C23H26FN/c1-4-5-6-7-8-18(2)17-23(21-13-15-25-16-14-21)19(3)20-9-11-22(24)12-10-20/h9-11,13-17,22H,4-6,12H2,1-3H3/b18-17+,23-19-. The molecule has 1 unspecified atom stereocenters. The van der Waals surface area contributed by atoms with Crippen molar-refractivity contribution in [3.63, 3.8) is 0 Å².